The molecule has 2 atom stereocenters. The van der Waals surface area contributed by atoms with E-state index in [-0.39, 0.29) is 24.2 Å². The number of para-hydroxylation sites is 1. The van der Waals surface area contributed by atoms with Gasteiger partial charge in [0.05, 0.1) is 29.8 Å². The third-order valence-corrected chi connectivity index (χ3v) is 4.83. The number of sulfone groups is 1. The molecule has 0 bridgehead atoms. The fourth-order valence-corrected chi connectivity index (χ4v) is 3.57. The summed E-state index contributed by atoms with van der Waals surface area (Å²) < 4.78 is 29.1. The number of carbonyl (C=O) groups is 1. The molecule has 0 saturated carbocycles. The SMILES string of the molecule is CCN(c1ccccc1S(C)(=O)=O)C1COCC1C(=O)O. The van der Waals surface area contributed by atoms with Crippen molar-refractivity contribution in [1.29, 1.82) is 0 Å². The lowest BCUT2D eigenvalue weighted by atomic mass is 10.0. The highest BCUT2D eigenvalue weighted by atomic mass is 32.2. The van der Waals surface area contributed by atoms with Gasteiger partial charge in [-0.15, -0.1) is 0 Å². The zero-order valence-electron chi connectivity index (χ0n) is 12.0. The number of likely N-dealkylation sites (N-methyl/N-ethyl adjacent to an activating group) is 1. The van der Waals surface area contributed by atoms with Gasteiger partial charge in [-0.05, 0) is 19.1 Å². The Morgan fingerprint density at radius 3 is 2.62 bits per heavy atom. The first-order valence-electron chi connectivity index (χ1n) is 6.72. The van der Waals surface area contributed by atoms with Gasteiger partial charge in [0, 0.05) is 12.8 Å². The van der Waals surface area contributed by atoms with Crippen molar-refractivity contribution in [3.05, 3.63) is 24.3 Å². The first-order chi connectivity index (χ1) is 9.86. The van der Waals surface area contributed by atoms with Crippen molar-refractivity contribution >= 4 is 21.5 Å². The molecule has 1 fully saturated rings. The molecule has 2 unspecified atom stereocenters. The summed E-state index contributed by atoms with van der Waals surface area (Å²) in [5, 5.41) is 9.28. The Kier molecular flexibility index (Phi) is 4.53. The molecule has 1 heterocycles. The fourth-order valence-electron chi connectivity index (χ4n) is 2.68. The van der Waals surface area contributed by atoms with Crippen LogP contribution in [-0.4, -0.2) is 51.5 Å². The standard InChI is InChI=1S/C14H19NO5S/c1-3-15(12-9-20-8-10(12)14(16)17)11-6-4-5-7-13(11)21(2,18)19/h4-7,10,12H,3,8-9H2,1-2H3,(H,16,17). The van der Waals surface area contributed by atoms with Crippen LogP contribution in [-0.2, 0) is 19.4 Å². The first-order valence-corrected chi connectivity index (χ1v) is 8.61. The minimum atomic E-state index is -3.39. The topological polar surface area (TPSA) is 83.9 Å². The van der Waals surface area contributed by atoms with Crippen molar-refractivity contribution < 1.29 is 23.1 Å². The molecule has 1 aliphatic heterocycles. The molecule has 1 saturated heterocycles. The number of nitrogens with zero attached hydrogens (tertiary/aromatic N) is 1. The Hall–Kier alpha value is -1.60. The molecule has 0 aliphatic carbocycles. The van der Waals surface area contributed by atoms with Crippen LogP contribution >= 0.6 is 0 Å². The van der Waals surface area contributed by atoms with Gasteiger partial charge in [-0.1, -0.05) is 12.1 Å². The van der Waals surface area contributed by atoms with Crippen LogP contribution in [0.5, 0.6) is 0 Å². The average molecular weight is 313 g/mol. The number of aliphatic carboxylic acids is 1. The molecule has 1 N–H and O–H groups in total. The monoisotopic (exact) mass is 313 g/mol. The van der Waals surface area contributed by atoms with E-state index in [0.717, 1.165) is 6.26 Å². The minimum Gasteiger partial charge on any atom is -0.481 e. The van der Waals surface area contributed by atoms with Crippen molar-refractivity contribution in [3.8, 4) is 0 Å². The molecule has 1 aromatic carbocycles. The molecular formula is C14H19NO5S. The molecule has 116 valence electrons. The molecule has 7 heteroatoms. The number of carboxylic acids is 1. The van der Waals surface area contributed by atoms with E-state index in [2.05, 4.69) is 0 Å². The smallest absolute Gasteiger partial charge is 0.311 e. The third kappa shape index (κ3) is 3.19. The van der Waals surface area contributed by atoms with E-state index in [1.165, 1.54) is 0 Å². The number of carboxylic acid groups (broad SMARTS) is 1. The van der Waals surface area contributed by atoms with Crippen molar-refractivity contribution in [1.82, 2.24) is 0 Å². The molecule has 2 rings (SSSR count). The van der Waals surface area contributed by atoms with E-state index in [9.17, 15) is 18.3 Å². The van der Waals surface area contributed by atoms with Crippen LogP contribution in [0.15, 0.2) is 29.2 Å². The highest BCUT2D eigenvalue weighted by molar-refractivity contribution is 7.90. The van der Waals surface area contributed by atoms with Gasteiger partial charge in [-0.25, -0.2) is 8.42 Å². The number of benzene rings is 1. The van der Waals surface area contributed by atoms with Crippen LogP contribution in [0, 0.1) is 5.92 Å². The fraction of sp³-hybridized carbons (Fsp3) is 0.500. The van der Waals surface area contributed by atoms with Gasteiger partial charge in [0.1, 0.15) is 5.92 Å². The molecule has 0 amide bonds. The Balaban J connectivity index is 2.45. The first kappa shape index (κ1) is 15.8. The van der Waals surface area contributed by atoms with E-state index in [0.29, 0.717) is 12.2 Å². The highest BCUT2D eigenvalue weighted by Crippen LogP contribution is 2.30. The quantitative estimate of drug-likeness (QED) is 0.873. The Morgan fingerprint density at radius 1 is 1.38 bits per heavy atom. The Morgan fingerprint density at radius 2 is 2.05 bits per heavy atom. The van der Waals surface area contributed by atoms with Crippen LogP contribution in [0.1, 0.15) is 6.92 Å². The average Bonchev–Trinajstić information content (AvgIpc) is 2.88. The predicted molar refractivity (Wildman–Crippen MR) is 78.3 cm³/mol. The second-order valence-corrected chi connectivity index (χ2v) is 7.06. The van der Waals surface area contributed by atoms with Crippen molar-refractivity contribution in [2.24, 2.45) is 5.92 Å². The van der Waals surface area contributed by atoms with Crippen LogP contribution in [0.25, 0.3) is 0 Å². The zero-order chi connectivity index (χ0) is 15.6. The second kappa shape index (κ2) is 6.03. The maximum Gasteiger partial charge on any atom is 0.311 e. The zero-order valence-corrected chi connectivity index (χ0v) is 12.8. The summed E-state index contributed by atoms with van der Waals surface area (Å²) in [6, 6.07) is 6.29. The molecule has 1 aliphatic rings. The lowest BCUT2D eigenvalue weighted by Crippen LogP contribution is -2.43. The number of ether oxygens (including phenoxy) is 1. The lowest BCUT2D eigenvalue weighted by molar-refractivity contribution is -0.141. The molecular weight excluding hydrogens is 294 g/mol. The summed E-state index contributed by atoms with van der Waals surface area (Å²) in [4.78, 5) is 13.3. The largest absolute Gasteiger partial charge is 0.481 e. The summed E-state index contributed by atoms with van der Waals surface area (Å²) >= 11 is 0. The van der Waals surface area contributed by atoms with Crippen LogP contribution < -0.4 is 4.90 Å². The van der Waals surface area contributed by atoms with E-state index in [1.807, 2.05) is 11.8 Å². The van der Waals surface area contributed by atoms with Crippen molar-refractivity contribution in [2.45, 2.75) is 17.9 Å². The van der Waals surface area contributed by atoms with Crippen LogP contribution in [0.2, 0.25) is 0 Å². The summed E-state index contributed by atoms with van der Waals surface area (Å²) in [6.45, 7) is 2.81. The van der Waals surface area contributed by atoms with E-state index in [4.69, 9.17) is 4.74 Å². The minimum absolute atomic E-state index is 0.150. The third-order valence-electron chi connectivity index (χ3n) is 3.68. The van der Waals surface area contributed by atoms with Gasteiger partial charge < -0.3 is 14.7 Å². The van der Waals surface area contributed by atoms with E-state index in [1.54, 1.807) is 24.3 Å². The summed E-state index contributed by atoms with van der Waals surface area (Å²) in [5.41, 5.74) is 0.532. The van der Waals surface area contributed by atoms with E-state index < -0.39 is 21.7 Å². The predicted octanol–water partition coefficient (Wildman–Crippen LogP) is 1.02. The number of hydrogen-bond acceptors (Lipinski definition) is 5. The van der Waals surface area contributed by atoms with E-state index >= 15 is 0 Å². The van der Waals surface area contributed by atoms with Crippen molar-refractivity contribution in [2.75, 3.05) is 30.9 Å². The highest BCUT2D eigenvalue weighted by Gasteiger charge is 2.38. The number of rotatable bonds is 5. The van der Waals surface area contributed by atoms with Gasteiger partial charge in [-0.2, -0.15) is 0 Å². The maximum atomic E-state index is 11.9. The van der Waals surface area contributed by atoms with Gasteiger partial charge in [0.25, 0.3) is 0 Å². The molecule has 21 heavy (non-hydrogen) atoms. The van der Waals surface area contributed by atoms with Crippen LogP contribution in [0.4, 0.5) is 5.69 Å². The lowest BCUT2D eigenvalue weighted by Gasteiger charge is -2.32. The summed E-state index contributed by atoms with van der Waals surface area (Å²) in [5.74, 6) is -1.58. The number of hydrogen-bond donors (Lipinski definition) is 1. The number of anilines is 1. The summed E-state index contributed by atoms with van der Waals surface area (Å²) in [7, 11) is -3.39. The Bertz CT molecular complexity index is 628. The van der Waals surface area contributed by atoms with Gasteiger partial charge in [-0.3, -0.25) is 4.79 Å². The van der Waals surface area contributed by atoms with Gasteiger partial charge >= 0.3 is 5.97 Å². The van der Waals surface area contributed by atoms with Crippen LogP contribution in [0.3, 0.4) is 0 Å². The van der Waals surface area contributed by atoms with Gasteiger partial charge in [0.2, 0.25) is 0 Å². The normalized spacial score (nSPS) is 22.2. The molecule has 6 nitrogen and oxygen atoms in total. The second-order valence-electron chi connectivity index (χ2n) is 5.08. The summed E-state index contributed by atoms with van der Waals surface area (Å²) in [6.07, 6.45) is 1.15. The molecule has 0 spiro atoms. The molecule has 1 aromatic rings. The van der Waals surface area contributed by atoms with Crippen molar-refractivity contribution in [3.63, 3.8) is 0 Å². The molecule has 0 radical (unpaired) electrons. The maximum absolute atomic E-state index is 11.9. The Labute approximate surface area is 124 Å². The van der Waals surface area contributed by atoms with Gasteiger partial charge in [0.15, 0.2) is 9.84 Å². The molecule has 0 aromatic heterocycles.